The molecule has 0 aromatic heterocycles. The number of hydrogen-bond donors (Lipinski definition) is 4. The maximum Gasteiger partial charge on any atom is 0.310 e. The molecule has 2 aliphatic carbocycles. The highest BCUT2D eigenvalue weighted by molar-refractivity contribution is 5.80. The molecule has 0 bridgehead atoms. The fourth-order valence-corrected chi connectivity index (χ4v) is 4.61. The molecule has 0 aliphatic heterocycles. The summed E-state index contributed by atoms with van der Waals surface area (Å²) in [6, 6.07) is 2.71. The van der Waals surface area contributed by atoms with E-state index in [1.807, 2.05) is 13.8 Å². The number of carboxylic acid groups (broad SMARTS) is 1. The molecule has 3 unspecified atom stereocenters. The highest BCUT2D eigenvalue weighted by Crippen LogP contribution is 2.66. The zero-order valence-electron chi connectivity index (χ0n) is 12.1. The molecule has 1 aromatic rings. The molecule has 4 N–H and O–H groups in total. The Balaban J connectivity index is 2.38. The first-order valence-corrected chi connectivity index (χ1v) is 7.22. The molecule has 114 valence electrons. The van der Waals surface area contributed by atoms with E-state index in [-0.39, 0.29) is 29.4 Å². The van der Waals surface area contributed by atoms with Crippen molar-refractivity contribution >= 4 is 5.97 Å². The van der Waals surface area contributed by atoms with Crippen molar-refractivity contribution in [3.63, 3.8) is 0 Å². The Bertz CT molecular complexity index is 625. The van der Waals surface area contributed by atoms with E-state index in [0.29, 0.717) is 18.4 Å². The first kappa shape index (κ1) is 14.2. The summed E-state index contributed by atoms with van der Waals surface area (Å²) in [4.78, 5) is 12.0. The van der Waals surface area contributed by atoms with Crippen LogP contribution in [-0.2, 0) is 10.2 Å². The minimum Gasteiger partial charge on any atom is -0.508 e. The number of aromatic hydroxyl groups is 2. The number of carboxylic acids is 1. The molecule has 0 radical (unpaired) electrons. The highest BCUT2D eigenvalue weighted by Gasteiger charge is 2.65. The van der Waals surface area contributed by atoms with E-state index in [1.165, 1.54) is 12.1 Å². The Morgan fingerprint density at radius 1 is 1.29 bits per heavy atom. The van der Waals surface area contributed by atoms with Crippen molar-refractivity contribution in [2.24, 2.45) is 11.3 Å². The van der Waals surface area contributed by atoms with Gasteiger partial charge in [0, 0.05) is 16.5 Å². The molecule has 0 heterocycles. The number of benzene rings is 1. The second-order valence-electron chi connectivity index (χ2n) is 6.64. The smallest absolute Gasteiger partial charge is 0.310 e. The van der Waals surface area contributed by atoms with E-state index < -0.39 is 22.9 Å². The fourth-order valence-electron chi connectivity index (χ4n) is 4.61. The van der Waals surface area contributed by atoms with Gasteiger partial charge in [0.2, 0.25) is 0 Å². The zero-order valence-corrected chi connectivity index (χ0v) is 12.1. The van der Waals surface area contributed by atoms with Gasteiger partial charge in [0.15, 0.2) is 0 Å². The summed E-state index contributed by atoms with van der Waals surface area (Å²) < 4.78 is 0. The largest absolute Gasteiger partial charge is 0.508 e. The van der Waals surface area contributed by atoms with Gasteiger partial charge in [-0.2, -0.15) is 0 Å². The molecule has 2 aliphatic rings. The zero-order chi connectivity index (χ0) is 15.6. The van der Waals surface area contributed by atoms with Gasteiger partial charge in [-0.05, 0) is 37.3 Å². The number of phenols is 2. The van der Waals surface area contributed by atoms with Gasteiger partial charge in [-0.3, -0.25) is 4.79 Å². The average molecular weight is 292 g/mol. The lowest BCUT2D eigenvalue weighted by Gasteiger charge is -2.49. The van der Waals surface area contributed by atoms with Crippen molar-refractivity contribution in [1.82, 2.24) is 0 Å². The highest BCUT2D eigenvalue weighted by atomic mass is 16.4. The minimum atomic E-state index is -1.11. The van der Waals surface area contributed by atoms with Crippen molar-refractivity contribution in [3.8, 4) is 11.5 Å². The Morgan fingerprint density at radius 2 is 1.90 bits per heavy atom. The lowest BCUT2D eigenvalue weighted by atomic mass is 9.53. The van der Waals surface area contributed by atoms with E-state index in [0.717, 1.165) is 0 Å². The molecule has 1 saturated carbocycles. The summed E-state index contributed by atoms with van der Waals surface area (Å²) in [6.45, 7) is 3.80. The van der Waals surface area contributed by atoms with Crippen LogP contribution >= 0.6 is 0 Å². The van der Waals surface area contributed by atoms with Crippen LogP contribution in [0.5, 0.6) is 11.5 Å². The quantitative estimate of drug-likeness (QED) is 0.595. The monoisotopic (exact) mass is 292 g/mol. The number of aliphatic hydroxyl groups excluding tert-OH is 1. The second-order valence-corrected chi connectivity index (χ2v) is 6.64. The van der Waals surface area contributed by atoms with Crippen LogP contribution < -0.4 is 0 Å². The lowest BCUT2D eigenvalue weighted by Crippen LogP contribution is -2.52. The van der Waals surface area contributed by atoms with Crippen molar-refractivity contribution in [1.29, 1.82) is 0 Å². The van der Waals surface area contributed by atoms with E-state index in [1.54, 1.807) is 0 Å². The summed E-state index contributed by atoms with van der Waals surface area (Å²) in [5.41, 5.74) is -1.24. The first-order valence-electron chi connectivity index (χ1n) is 7.22. The van der Waals surface area contributed by atoms with Crippen molar-refractivity contribution in [3.05, 3.63) is 23.3 Å². The predicted octanol–water partition coefficient (Wildman–Crippen LogP) is 2.29. The normalized spacial score (nSPS) is 37.9. The van der Waals surface area contributed by atoms with Crippen LogP contribution in [0.3, 0.4) is 0 Å². The van der Waals surface area contributed by atoms with Gasteiger partial charge in [-0.1, -0.05) is 13.8 Å². The SMILES string of the molecule is C[C@H]1CCC2(C(=O)O)CC(O)c3c(O)ccc(O)c3C12C. The van der Waals surface area contributed by atoms with Crippen molar-refractivity contribution in [2.45, 2.75) is 44.6 Å². The second kappa shape index (κ2) is 4.13. The van der Waals surface area contributed by atoms with Gasteiger partial charge in [0.1, 0.15) is 11.5 Å². The van der Waals surface area contributed by atoms with Crippen LogP contribution in [0.1, 0.15) is 50.3 Å². The maximum atomic E-state index is 12.0. The van der Waals surface area contributed by atoms with Crippen molar-refractivity contribution < 1.29 is 25.2 Å². The number of phenolic OH excluding ortho intramolecular Hbond substituents is 2. The van der Waals surface area contributed by atoms with Crippen LogP contribution in [0.4, 0.5) is 0 Å². The molecule has 3 rings (SSSR count). The van der Waals surface area contributed by atoms with Gasteiger partial charge in [0.25, 0.3) is 0 Å². The number of aliphatic carboxylic acids is 1. The van der Waals surface area contributed by atoms with Gasteiger partial charge in [-0.15, -0.1) is 0 Å². The van der Waals surface area contributed by atoms with Gasteiger partial charge >= 0.3 is 5.97 Å². The van der Waals surface area contributed by atoms with Gasteiger partial charge < -0.3 is 20.4 Å². The lowest BCUT2D eigenvalue weighted by molar-refractivity contribution is -0.157. The van der Waals surface area contributed by atoms with Gasteiger partial charge in [0.05, 0.1) is 11.5 Å². The van der Waals surface area contributed by atoms with E-state index >= 15 is 0 Å². The molecule has 1 aromatic carbocycles. The van der Waals surface area contributed by atoms with Crippen LogP contribution in [0.15, 0.2) is 12.1 Å². The van der Waals surface area contributed by atoms with E-state index in [2.05, 4.69) is 0 Å². The minimum absolute atomic E-state index is 0.0348. The number of hydrogen-bond acceptors (Lipinski definition) is 4. The summed E-state index contributed by atoms with van der Waals surface area (Å²) in [5.74, 6) is -1.05. The molecule has 21 heavy (non-hydrogen) atoms. The molecule has 1 fully saturated rings. The summed E-state index contributed by atoms with van der Waals surface area (Å²) >= 11 is 0. The van der Waals surface area contributed by atoms with Crippen molar-refractivity contribution in [2.75, 3.05) is 0 Å². The molecule has 5 nitrogen and oxygen atoms in total. The maximum absolute atomic E-state index is 12.0. The number of carbonyl (C=O) groups is 1. The summed E-state index contributed by atoms with van der Waals surface area (Å²) in [6.07, 6.45) is 0.157. The topological polar surface area (TPSA) is 98.0 Å². The van der Waals surface area contributed by atoms with E-state index in [4.69, 9.17) is 0 Å². The average Bonchev–Trinajstić information content (AvgIpc) is 2.68. The molecular weight excluding hydrogens is 272 g/mol. The third-order valence-electron chi connectivity index (χ3n) is 5.99. The van der Waals surface area contributed by atoms with Crippen LogP contribution in [-0.4, -0.2) is 26.4 Å². The number of rotatable bonds is 1. The first-order chi connectivity index (χ1) is 9.75. The van der Waals surface area contributed by atoms with Crippen LogP contribution in [0.25, 0.3) is 0 Å². The fraction of sp³-hybridized carbons (Fsp3) is 0.562. The summed E-state index contributed by atoms with van der Waals surface area (Å²) in [5, 5.41) is 40.6. The number of aliphatic hydroxyl groups is 1. The number of fused-ring (bicyclic) bond motifs is 3. The Labute approximate surface area is 122 Å². The molecular formula is C16H20O5. The third kappa shape index (κ3) is 1.47. The third-order valence-corrected chi connectivity index (χ3v) is 5.99. The van der Waals surface area contributed by atoms with Gasteiger partial charge in [-0.25, -0.2) is 0 Å². The standard InChI is InChI=1S/C16H20O5/c1-8-5-6-16(14(20)21)7-11(19)12-9(17)3-4-10(18)13(12)15(8,16)2/h3-4,8,11,17-19H,5-7H2,1-2H3,(H,20,21)/t8-,11?,15?,16?/m0/s1. The molecule has 0 spiro atoms. The predicted molar refractivity (Wildman–Crippen MR) is 75.2 cm³/mol. The Hall–Kier alpha value is -1.75. The Kier molecular flexibility index (Phi) is 2.79. The molecule has 0 amide bonds. The van der Waals surface area contributed by atoms with E-state index in [9.17, 15) is 25.2 Å². The van der Waals surface area contributed by atoms with Crippen LogP contribution in [0.2, 0.25) is 0 Å². The molecule has 5 heteroatoms. The van der Waals surface area contributed by atoms with Crippen LogP contribution in [0, 0.1) is 11.3 Å². The molecule has 4 atom stereocenters. The Morgan fingerprint density at radius 3 is 2.52 bits per heavy atom. The molecule has 0 saturated heterocycles. The summed E-state index contributed by atoms with van der Waals surface area (Å²) in [7, 11) is 0.